The summed E-state index contributed by atoms with van der Waals surface area (Å²) in [6.07, 6.45) is 2.13. The Morgan fingerprint density at radius 3 is 2.57 bits per heavy atom. The van der Waals surface area contributed by atoms with Crippen LogP contribution in [0.3, 0.4) is 0 Å². The van der Waals surface area contributed by atoms with Gasteiger partial charge in [-0.2, -0.15) is 5.26 Å². The van der Waals surface area contributed by atoms with Crippen LogP contribution >= 0.6 is 0 Å². The molecule has 138 valence electrons. The van der Waals surface area contributed by atoms with Crippen LogP contribution in [-0.2, 0) is 6.42 Å². The molecule has 2 N–H and O–H groups in total. The van der Waals surface area contributed by atoms with Gasteiger partial charge in [-0.15, -0.1) is 0 Å². The average molecular weight is 370 g/mol. The molecule has 0 spiro atoms. The molecule has 0 unspecified atom stereocenters. The molecule has 28 heavy (non-hydrogen) atoms. The molecule has 3 rings (SSSR count). The lowest BCUT2D eigenvalue weighted by Gasteiger charge is -2.08. The van der Waals surface area contributed by atoms with Crippen molar-refractivity contribution < 1.29 is 9.59 Å². The van der Waals surface area contributed by atoms with Gasteiger partial charge in [0.2, 0.25) is 0 Å². The first kappa shape index (κ1) is 18.8. The van der Waals surface area contributed by atoms with Crippen molar-refractivity contribution in [2.24, 2.45) is 0 Å². The molecular weight excluding hydrogens is 352 g/mol. The zero-order valence-corrected chi connectivity index (χ0v) is 15.1. The number of rotatable bonds is 6. The Morgan fingerprint density at radius 2 is 1.79 bits per heavy atom. The largest absolute Gasteiger partial charge is 0.350 e. The van der Waals surface area contributed by atoms with Gasteiger partial charge >= 0.3 is 0 Å². The molecule has 3 aromatic rings. The Bertz CT molecular complexity index is 1030. The van der Waals surface area contributed by atoms with Crippen LogP contribution in [0, 0.1) is 11.3 Å². The van der Waals surface area contributed by atoms with Gasteiger partial charge in [0.05, 0.1) is 11.6 Å². The summed E-state index contributed by atoms with van der Waals surface area (Å²) in [5.74, 6) is -0.715. The van der Waals surface area contributed by atoms with Gasteiger partial charge in [-0.1, -0.05) is 36.4 Å². The third-order valence-corrected chi connectivity index (χ3v) is 4.05. The molecule has 0 fully saturated rings. The van der Waals surface area contributed by atoms with Gasteiger partial charge in [-0.05, 0) is 42.3 Å². The highest BCUT2D eigenvalue weighted by atomic mass is 16.2. The van der Waals surface area contributed by atoms with E-state index in [0.717, 1.165) is 5.56 Å². The number of carbonyl (C=O) groups excluding carboxylic acids is 2. The molecule has 0 bridgehead atoms. The fourth-order valence-corrected chi connectivity index (χ4v) is 2.62. The number of anilines is 1. The van der Waals surface area contributed by atoms with Crippen LogP contribution in [0.2, 0.25) is 0 Å². The number of amides is 2. The molecular formula is C22H18N4O2. The summed E-state index contributed by atoms with van der Waals surface area (Å²) in [6, 6.07) is 21.5. The SMILES string of the molecule is N#Cc1cccc(NC(=O)c2ccnc(C(=O)NCCc3ccccc3)c2)c1. The lowest BCUT2D eigenvalue weighted by atomic mass is 10.1. The maximum Gasteiger partial charge on any atom is 0.269 e. The van der Waals surface area contributed by atoms with E-state index in [9.17, 15) is 9.59 Å². The molecule has 0 aliphatic carbocycles. The Morgan fingerprint density at radius 1 is 0.964 bits per heavy atom. The van der Waals surface area contributed by atoms with E-state index in [4.69, 9.17) is 5.26 Å². The topological polar surface area (TPSA) is 94.9 Å². The summed E-state index contributed by atoms with van der Waals surface area (Å²) in [6.45, 7) is 0.474. The Labute approximate surface area is 162 Å². The van der Waals surface area contributed by atoms with Crippen molar-refractivity contribution in [1.29, 1.82) is 5.26 Å². The number of carbonyl (C=O) groups is 2. The minimum absolute atomic E-state index is 0.173. The zero-order chi connectivity index (χ0) is 19.8. The maximum absolute atomic E-state index is 12.4. The van der Waals surface area contributed by atoms with Crippen LogP contribution in [0.1, 0.15) is 32.0 Å². The predicted molar refractivity (Wildman–Crippen MR) is 106 cm³/mol. The van der Waals surface area contributed by atoms with Gasteiger partial charge in [-0.25, -0.2) is 0 Å². The lowest BCUT2D eigenvalue weighted by Crippen LogP contribution is -2.27. The first-order valence-corrected chi connectivity index (χ1v) is 8.75. The van der Waals surface area contributed by atoms with Gasteiger partial charge in [0, 0.05) is 24.0 Å². The van der Waals surface area contributed by atoms with Crippen molar-refractivity contribution in [3.63, 3.8) is 0 Å². The summed E-state index contributed by atoms with van der Waals surface area (Å²) >= 11 is 0. The molecule has 6 heteroatoms. The van der Waals surface area contributed by atoms with E-state index in [1.165, 1.54) is 18.3 Å². The van der Waals surface area contributed by atoms with E-state index >= 15 is 0 Å². The molecule has 6 nitrogen and oxygen atoms in total. The number of nitrogens with zero attached hydrogens (tertiary/aromatic N) is 2. The zero-order valence-electron chi connectivity index (χ0n) is 15.1. The van der Waals surface area contributed by atoms with Crippen molar-refractivity contribution >= 4 is 17.5 Å². The highest BCUT2D eigenvalue weighted by Gasteiger charge is 2.12. The summed E-state index contributed by atoms with van der Waals surface area (Å²) in [4.78, 5) is 28.8. The lowest BCUT2D eigenvalue weighted by molar-refractivity contribution is 0.0949. The molecule has 0 aliphatic heterocycles. The second-order valence-corrected chi connectivity index (χ2v) is 6.07. The van der Waals surface area contributed by atoms with E-state index in [1.807, 2.05) is 36.4 Å². The van der Waals surface area contributed by atoms with Gasteiger partial charge in [-0.3, -0.25) is 14.6 Å². The molecule has 1 heterocycles. The van der Waals surface area contributed by atoms with E-state index in [-0.39, 0.29) is 17.5 Å². The quantitative estimate of drug-likeness (QED) is 0.697. The van der Waals surface area contributed by atoms with Crippen molar-refractivity contribution in [2.45, 2.75) is 6.42 Å². The standard InChI is InChI=1S/C22H18N4O2/c23-15-17-7-4-8-19(13-17)26-21(27)18-10-12-24-20(14-18)22(28)25-11-9-16-5-2-1-3-6-16/h1-8,10,12-14H,9,11H2,(H,25,28)(H,26,27). The molecule has 0 radical (unpaired) electrons. The molecule has 1 aromatic heterocycles. The fraction of sp³-hybridized carbons (Fsp3) is 0.0909. The molecule has 0 saturated carbocycles. The Kier molecular flexibility index (Phi) is 6.11. The summed E-state index contributed by atoms with van der Waals surface area (Å²) < 4.78 is 0. The normalized spacial score (nSPS) is 9.96. The van der Waals surface area contributed by atoms with Gasteiger partial charge in [0.15, 0.2) is 0 Å². The number of aromatic nitrogens is 1. The van der Waals surface area contributed by atoms with Crippen LogP contribution in [0.15, 0.2) is 72.9 Å². The number of nitriles is 1. The second-order valence-electron chi connectivity index (χ2n) is 6.07. The molecule has 0 saturated heterocycles. The van der Waals surface area contributed by atoms with Crippen molar-refractivity contribution in [2.75, 3.05) is 11.9 Å². The first-order chi connectivity index (χ1) is 13.7. The smallest absolute Gasteiger partial charge is 0.269 e. The van der Waals surface area contributed by atoms with Crippen LogP contribution in [0.4, 0.5) is 5.69 Å². The number of nitrogens with one attached hydrogen (secondary N) is 2. The van der Waals surface area contributed by atoms with Gasteiger partial charge < -0.3 is 10.6 Å². The van der Waals surface area contributed by atoms with E-state index in [1.54, 1.807) is 24.3 Å². The molecule has 2 aromatic carbocycles. The highest BCUT2D eigenvalue weighted by molar-refractivity contribution is 6.05. The number of benzene rings is 2. The second kappa shape index (κ2) is 9.10. The number of hydrogen-bond acceptors (Lipinski definition) is 4. The monoisotopic (exact) mass is 370 g/mol. The third-order valence-electron chi connectivity index (χ3n) is 4.05. The summed E-state index contributed by atoms with van der Waals surface area (Å²) in [5, 5.41) is 14.5. The van der Waals surface area contributed by atoms with Crippen LogP contribution < -0.4 is 10.6 Å². The number of hydrogen-bond donors (Lipinski definition) is 2. The Hall–Kier alpha value is -3.98. The number of pyridine rings is 1. The van der Waals surface area contributed by atoms with Crippen LogP contribution in [0.25, 0.3) is 0 Å². The summed E-state index contributed by atoms with van der Waals surface area (Å²) in [5.41, 5.74) is 2.57. The van der Waals surface area contributed by atoms with E-state index in [2.05, 4.69) is 15.6 Å². The molecule has 0 atom stereocenters. The molecule has 0 aliphatic rings. The van der Waals surface area contributed by atoms with Crippen molar-refractivity contribution in [3.8, 4) is 6.07 Å². The molecule has 2 amide bonds. The highest BCUT2D eigenvalue weighted by Crippen LogP contribution is 2.12. The minimum Gasteiger partial charge on any atom is -0.350 e. The van der Waals surface area contributed by atoms with E-state index < -0.39 is 0 Å². The third kappa shape index (κ3) is 5.02. The van der Waals surface area contributed by atoms with Crippen LogP contribution in [-0.4, -0.2) is 23.3 Å². The van der Waals surface area contributed by atoms with Gasteiger partial charge in [0.25, 0.3) is 11.8 Å². The van der Waals surface area contributed by atoms with Crippen molar-refractivity contribution in [1.82, 2.24) is 10.3 Å². The van der Waals surface area contributed by atoms with Crippen LogP contribution in [0.5, 0.6) is 0 Å². The predicted octanol–water partition coefficient (Wildman–Crippen LogP) is 3.18. The van der Waals surface area contributed by atoms with Gasteiger partial charge in [0.1, 0.15) is 5.69 Å². The Balaban J connectivity index is 1.61. The maximum atomic E-state index is 12.4. The average Bonchev–Trinajstić information content (AvgIpc) is 2.74. The fourth-order valence-electron chi connectivity index (χ4n) is 2.62. The first-order valence-electron chi connectivity index (χ1n) is 8.75. The summed E-state index contributed by atoms with van der Waals surface area (Å²) in [7, 11) is 0. The van der Waals surface area contributed by atoms with E-state index in [0.29, 0.717) is 29.8 Å². The minimum atomic E-state index is -0.379. The van der Waals surface area contributed by atoms with Crippen molar-refractivity contribution in [3.05, 3.63) is 95.3 Å².